The van der Waals surface area contributed by atoms with Crippen molar-refractivity contribution in [2.24, 2.45) is 0 Å². The van der Waals surface area contributed by atoms with Gasteiger partial charge >= 0.3 is 18.8 Å². The Morgan fingerprint density at radius 1 is 0.816 bits per heavy atom. The van der Waals surface area contributed by atoms with E-state index in [-0.39, 0.29) is 24.9 Å². The second-order valence-electron chi connectivity index (χ2n) is 13.0. The van der Waals surface area contributed by atoms with Crippen molar-refractivity contribution in [1.29, 1.82) is 0 Å². The molecule has 6 rings (SSSR count). The van der Waals surface area contributed by atoms with Crippen molar-refractivity contribution in [3.05, 3.63) is 130 Å². The van der Waals surface area contributed by atoms with Crippen LogP contribution in [0.15, 0.2) is 113 Å². The second kappa shape index (κ2) is 14.0. The van der Waals surface area contributed by atoms with Crippen molar-refractivity contribution in [3.8, 4) is 0 Å². The molecular formula is C36H43N2O9PSi. The highest BCUT2D eigenvalue weighted by atomic mass is 31.2. The summed E-state index contributed by atoms with van der Waals surface area (Å²) in [5.74, 6) is 0. The van der Waals surface area contributed by atoms with Crippen LogP contribution in [0.25, 0.3) is 0 Å². The SMILES string of the molecule is CCOP(=O)(OCC)[C@]1(c2ccccc2)O[C@@H]2[C@H](O1)[C@@H](CO[Si](c1ccccc1)(c1ccccc1)C(C)(C)C)O[C@H]2n1ccc(=O)[nH]c1=O. The highest BCUT2D eigenvalue weighted by Crippen LogP contribution is 2.70. The minimum Gasteiger partial charge on any atom is -0.405 e. The fourth-order valence-corrected chi connectivity index (χ4v) is 13.6. The number of fused-ring (bicyclic) bond motifs is 1. The number of nitrogens with one attached hydrogen (secondary N) is 1. The first-order valence-corrected chi connectivity index (χ1v) is 20.0. The van der Waals surface area contributed by atoms with Gasteiger partial charge in [0.25, 0.3) is 13.9 Å². The summed E-state index contributed by atoms with van der Waals surface area (Å²) in [4.78, 5) is 27.5. The molecule has 0 aliphatic carbocycles. The van der Waals surface area contributed by atoms with Crippen LogP contribution in [0.2, 0.25) is 5.04 Å². The van der Waals surface area contributed by atoms with Crippen LogP contribution >= 0.6 is 7.60 Å². The number of nitrogens with zero attached hydrogens (tertiary/aromatic N) is 1. The zero-order valence-electron chi connectivity index (χ0n) is 28.3. The van der Waals surface area contributed by atoms with E-state index in [4.69, 9.17) is 27.7 Å². The van der Waals surface area contributed by atoms with E-state index in [0.717, 1.165) is 10.4 Å². The van der Waals surface area contributed by atoms with Crippen molar-refractivity contribution in [3.63, 3.8) is 0 Å². The number of H-pyrrole nitrogens is 1. The highest BCUT2D eigenvalue weighted by molar-refractivity contribution is 7.54. The van der Waals surface area contributed by atoms with Gasteiger partial charge in [-0.25, -0.2) is 4.79 Å². The number of rotatable bonds is 12. The van der Waals surface area contributed by atoms with Crippen molar-refractivity contribution in [2.45, 2.75) is 69.7 Å². The van der Waals surface area contributed by atoms with E-state index in [1.165, 1.54) is 16.8 Å². The smallest absolute Gasteiger partial charge is 0.394 e. The average molecular weight is 707 g/mol. The largest absolute Gasteiger partial charge is 0.405 e. The Labute approximate surface area is 286 Å². The zero-order valence-corrected chi connectivity index (χ0v) is 30.2. The van der Waals surface area contributed by atoms with Crippen LogP contribution in [0.3, 0.4) is 0 Å². The normalized spacial score (nSPS) is 24.2. The van der Waals surface area contributed by atoms with E-state index in [1.807, 2.05) is 42.5 Å². The predicted octanol–water partition coefficient (Wildman–Crippen LogP) is 4.87. The van der Waals surface area contributed by atoms with Gasteiger partial charge in [0.2, 0.25) is 0 Å². The van der Waals surface area contributed by atoms with Crippen molar-refractivity contribution in [2.75, 3.05) is 19.8 Å². The molecule has 0 bridgehead atoms. The monoisotopic (exact) mass is 706 g/mol. The molecule has 49 heavy (non-hydrogen) atoms. The Balaban J connectivity index is 1.48. The van der Waals surface area contributed by atoms with E-state index < -0.39 is 57.2 Å². The van der Waals surface area contributed by atoms with Crippen LogP contribution in [0.1, 0.15) is 46.4 Å². The minimum absolute atomic E-state index is 0.0465. The quantitative estimate of drug-likeness (QED) is 0.162. The molecule has 0 unspecified atom stereocenters. The van der Waals surface area contributed by atoms with E-state index in [1.54, 1.807) is 38.1 Å². The van der Waals surface area contributed by atoms with Crippen LogP contribution in [0, 0.1) is 0 Å². The van der Waals surface area contributed by atoms with Crippen molar-refractivity contribution in [1.82, 2.24) is 9.55 Å². The van der Waals surface area contributed by atoms with Gasteiger partial charge in [-0.3, -0.25) is 18.9 Å². The molecule has 3 heterocycles. The molecule has 2 saturated heterocycles. The number of aromatic nitrogens is 2. The zero-order chi connectivity index (χ0) is 34.9. The number of hydrogen-bond acceptors (Lipinski definition) is 9. The van der Waals surface area contributed by atoms with Crippen molar-refractivity contribution < 1.29 is 32.2 Å². The first-order valence-electron chi connectivity index (χ1n) is 16.5. The summed E-state index contributed by atoms with van der Waals surface area (Å²) in [5, 5.41) is 1.83. The van der Waals surface area contributed by atoms with Crippen LogP contribution in [0.4, 0.5) is 0 Å². The number of aromatic amines is 1. The maximum Gasteiger partial charge on any atom is 0.394 e. The van der Waals surface area contributed by atoms with Gasteiger partial charge in [0.05, 0.1) is 19.8 Å². The molecule has 0 spiro atoms. The van der Waals surface area contributed by atoms with Gasteiger partial charge in [-0.05, 0) is 29.3 Å². The molecule has 0 radical (unpaired) electrons. The fraction of sp³-hybridized carbons (Fsp3) is 0.389. The van der Waals surface area contributed by atoms with Gasteiger partial charge in [-0.2, -0.15) is 0 Å². The molecule has 2 aliphatic heterocycles. The molecule has 3 aromatic carbocycles. The molecule has 0 amide bonds. The van der Waals surface area contributed by atoms with Gasteiger partial charge in [-0.1, -0.05) is 112 Å². The lowest BCUT2D eigenvalue weighted by molar-refractivity contribution is -0.191. The summed E-state index contributed by atoms with van der Waals surface area (Å²) >= 11 is 0. The van der Waals surface area contributed by atoms with Gasteiger partial charge in [-0.15, -0.1) is 0 Å². The Hall–Kier alpha value is -3.45. The van der Waals surface area contributed by atoms with Gasteiger partial charge in [0.1, 0.15) is 18.3 Å². The minimum atomic E-state index is -4.19. The molecule has 11 nitrogen and oxygen atoms in total. The van der Waals surface area contributed by atoms with E-state index >= 15 is 0 Å². The van der Waals surface area contributed by atoms with Gasteiger partial charge in [0.15, 0.2) is 6.23 Å². The molecule has 4 aromatic rings. The molecule has 1 N–H and O–H groups in total. The first kappa shape index (κ1) is 35.4. The Morgan fingerprint density at radius 2 is 1.35 bits per heavy atom. The van der Waals surface area contributed by atoms with E-state index in [2.05, 4.69) is 50.0 Å². The Morgan fingerprint density at radius 3 is 1.86 bits per heavy atom. The van der Waals surface area contributed by atoms with Crippen LogP contribution in [-0.4, -0.2) is 56.0 Å². The molecule has 13 heteroatoms. The average Bonchev–Trinajstić information content (AvgIpc) is 3.64. The molecule has 5 atom stereocenters. The highest BCUT2D eigenvalue weighted by Gasteiger charge is 2.68. The summed E-state index contributed by atoms with van der Waals surface area (Å²) in [6.07, 6.45) is -2.41. The summed E-state index contributed by atoms with van der Waals surface area (Å²) in [6.45, 7) is 10.1. The van der Waals surface area contributed by atoms with Gasteiger partial charge < -0.3 is 27.7 Å². The lowest BCUT2D eigenvalue weighted by Crippen LogP contribution is -2.67. The number of hydrogen-bond donors (Lipinski definition) is 1. The maximum absolute atomic E-state index is 14.8. The third-order valence-corrected chi connectivity index (χ3v) is 16.4. The summed E-state index contributed by atoms with van der Waals surface area (Å²) in [7, 11) is -7.23. The molecule has 260 valence electrons. The van der Waals surface area contributed by atoms with Crippen LogP contribution in [0.5, 0.6) is 0 Å². The van der Waals surface area contributed by atoms with E-state index in [0.29, 0.717) is 5.56 Å². The predicted molar refractivity (Wildman–Crippen MR) is 188 cm³/mol. The number of benzene rings is 3. The third kappa shape index (κ3) is 6.25. The summed E-state index contributed by atoms with van der Waals surface area (Å²) in [5.41, 5.74) is -2.81. The fourth-order valence-electron chi connectivity index (χ4n) is 6.95. The third-order valence-electron chi connectivity index (χ3n) is 8.98. The molecular weight excluding hydrogens is 663 g/mol. The summed E-state index contributed by atoms with van der Waals surface area (Å²) in [6, 6.07) is 30.5. The summed E-state index contributed by atoms with van der Waals surface area (Å²) < 4.78 is 55.1. The van der Waals surface area contributed by atoms with Crippen LogP contribution in [-0.2, 0) is 37.8 Å². The van der Waals surface area contributed by atoms with Crippen molar-refractivity contribution >= 4 is 26.3 Å². The Kier molecular flexibility index (Phi) is 10.1. The standard InChI is InChI=1S/C36H43N2O9PSi/c1-6-42-48(41,43-7-2)36(26-17-11-8-12-18-26)46-31-29(45-33(32(31)47-36)38-24-23-30(39)37-34(38)40)25-44-49(35(3,4)5,27-19-13-9-14-20-27)28-21-15-10-16-22-28/h8-24,29,31-33H,6-7,25H2,1-5H3,(H,37,39,40)/t29-,31-,32-,33-,36+/m1/s1. The second-order valence-corrected chi connectivity index (χ2v) is 19.4. The Bertz CT molecular complexity index is 1830. The maximum atomic E-state index is 14.8. The van der Waals surface area contributed by atoms with Crippen LogP contribution < -0.4 is 21.6 Å². The topological polar surface area (TPSA) is 127 Å². The lowest BCUT2D eigenvalue weighted by atomic mass is 10.1. The molecule has 1 aromatic heterocycles. The molecule has 2 aliphatic rings. The molecule has 2 fully saturated rings. The van der Waals surface area contributed by atoms with Gasteiger partial charge in [0, 0.05) is 17.8 Å². The first-order chi connectivity index (χ1) is 23.5. The number of ether oxygens (including phenoxy) is 3. The van der Waals surface area contributed by atoms with E-state index in [9.17, 15) is 14.2 Å². The molecule has 0 saturated carbocycles. The lowest BCUT2D eigenvalue weighted by Gasteiger charge is -2.43.